The predicted octanol–water partition coefficient (Wildman–Crippen LogP) is 2.77. The van der Waals surface area contributed by atoms with Crippen LogP contribution in [0.4, 0.5) is 0 Å². The lowest BCUT2D eigenvalue weighted by Crippen LogP contribution is -1.91. The van der Waals surface area contributed by atoms with Gasteiger partial charge in [0.25, 0.3) is 9.05 Å². The maximum atomic E-state index is 11.3. The van der Waals surface area contributed by atoms with Gasteiger partial charge in [0, 0.05) is 20.7 Å². The molecular formula is C9H6BrClN2O2S. The Morgan fingerprint density at radius 2 is 2.12 bits per heavy atom. The Morgan fingerprint density at radius 1 is 1.38 bits per heavy atom. The van der Waals surface area contributed by atoms with Crippen LogP contribution in [-0.4, -0.2) is 18.6 Å². The van der Waals surface area contributed by atoms with E-state index in [4.69, 9.17) is 10.7 Å². The van der Waals surface area contributed by atoms with E-state index in [9.17, 15) is 8.42 Å². The average Bonchev–Trinajstić information content (AvgIpc) is 2.65. The Kier molecular flexibility index (Phi) is 3.05. The molecule has 0 aliphatic rings. The Labute approximate surface area is 105 Å². The van der Waals surface area contributed by atoms with Crippen molar-refractivity contribution in [3.63, 3.8) is 0 Å². The second-order valence-electron chi connectivity index (χ2n) is 3.06. The van der Waals surface area contributed by atoms with Gasteiger partial charge in [-0.05, 0) is 12.1 Å². The van der Waals surface area contributed by atoms with Gasteiger partial charge in [-0.15, -0.1) is 0 Å². The van der Waals surface area contributed by atoms with Crippen LogP contribution in [0.3, 0.4) is 0 Å². The number of nitrogens with one attached hydrogen (secondary N) is 1. The van der Waals surface area contributed by atoms with Gasteiger partial charge in [-0.25, -0.2) is 8.42 Å². The quantitative estimate of drug-likeness (QED) is 0.865. The summed E-state index contributed by atoms with van der Waals surface area (Å²) in [6.45, 7) is 0. The number of aromatic amines is 1. The zero-order valence-corrected chi connectivity index (χ0v) is 11.0. The maximum Gasteiger partial charge on any atom is 0.265 e. The van der Waals surface area contributed by atoms with Crippen LogP contribution in [0, 0.1) is 0 Å². The molecule has 1 aromatic heterocycles. The number of nitrogens with zero attached hydrogens (tertiary/aromatic N) is 1. The largest absolute Gasteiger partial charge is 0.276 e. The smallest absolute Gasteiger partial charge is 0.265 e. The maximum absolute atomic E-state index is 11.3. The minimum absolute atomic E-state index is 0.0210. The highest BCUT2D eigenvalue weighted by Gasteiger charge is 2.18. The molecule has 2 aromatic rings. The molecule has 7 heteroatoms. The monoisotopic (exact) mass is 320 g/mol. The highest BCUT2D eigenvalue weighted by atomic mass is 79.9. The minimum Gasteiger partial charge on any atom is -0.276 e. The number of H-pyrrole nitrogens is 1. The van der Waals surface area contributed by atoms with E-state index in [2.05, 4.69) is 26.1 Å². The van der Waals surface area contributed by atoms with E-state index in [1.54, 1.807) is 18.2 Å². The lowest BCUT2D eigenvalue weighted by Gasteiger charge is -2.00. The number of rotatable bonds is 2. The summed E-state index contributed by atoms with van der Waals surface area (Å²) in [6.07, 6.45) is 1.19. The number of hydrogen-bond acceptors (Lipinski definition) is 3. The molecule has 0 saturated carbocycles. The van der Waals surface area contributed by atoms with Gasteiger partial charge >= 0.3 is 0 Å². The molecule has 1 heterocycles. The predicted molar refractivity (Wildman–Crippen MR) is 64.8 cm³/mol. The van der Waals surface area contributed by atoms with Crippen molar-refractivity contribution in [1.29, 1.82) is 0 Å². The fourth-order valence-electron chi connectivity index (χ4n) is 1.31. The van der Waals surface area contributed by atoms with Gasteiger partial charge in [-0.1, -0.05) is 28.1 Å². The Balaban J connectivity index is 2.62. The second-order valence-corrected chi connectivity index (χ2v) is 6.51. The molecule has 1 aromatic carbocycles. The van der Waals surface area contributed by atoms with Crippen LogP contribution in [0.2, 0.25) is 0 Å². The van der Waals surface area contributed by atoms with Crippen molar-refractivity contribution in [3.05, 3.63) is 34.9 Å². The number of hydrogen-bond donors (Lipinski definition) is 1. The first-order valence-corrected chi connectivity index (χ1v) is 7.32. The van der Waals surface area contributed by atoms with E-state index in [-0.39, 0.29) is 4.90 Å². The summed E-state index contributed by atoms with van der Waals surface area (Å²) >= 11 is 3.31. The van der Waals surface area contributed by atoms with Gasteiger partial charge in [-0.2, -0.15) is 5.10 Å². The topological polar surface area (TPSA) is 62.8 Å². The van der Waals surface area contributed by atoms with Crippen molar-refractivity contribution >= 4 is 35.7 Å². The van der Waals surface area contributed by atoms with E-state index in [1.807, 2.05) is 6.07 Å². The third-order valence-electron chi connectivity index (χ3n) is 1.98. The summed E-state index contributed by atoms with van der Waals surface area (Å²) in [4.78, 5) is -0.0210. The van der Waals surface area contributed by atoms with Gasteiger partial charge in [-0.3, -0.25) is 5.10 Å². The Morgan fingerprint density at radius 3 is 2.75 bits per heavy atom. The van der Waals surface area contributed by atoms with Crippen molar-refractivity contribution in [2.45, 2.75) is 4.90 Å². The average molecular weight is 322 g/mol. The fraction of sp³-hybridized carbons (Fsp3) is 0. The van der Waals surface area contributed by atoms with E-state index < -0.39 is 9.05 Å². The molecule has 1 N–H and O–H groups in total. The third kappa shape index (κ3) is 2.28. The fourth-order valence-corrected chi connectivity index (χ4v) is 2.65. The van der Waals surface area contributed by atoms with Crippen molar-refractivity contribution in [2.24, 2.45) is 0 Å². The molecular weight excluding hydrogens is 316 g/mol. The van der Waals surface area contributed by atoms with Gasteiger partial charge in [0.05, 0.1) is 11.9 Å². The first kappa shape index (κ1) is 11.6. The summed E-state index contributed by atoms with van der Waals surface area (Å²) in [7, 11) is 1.51. The first-order valence-electron chi connectivity index (χ1n) is 4.22. The molecule has 16 heavy (non-hydrogen) atoms. The highest BCUT2D eigenvalue weighted by molar-refractivity contribution is 9.10. The molecule has 0 fully saturated rings. The molecule has 0 aliphatic carbocycles. The first-order chi connectivity index (χ1) is 7.48. The summed E-state index contributed by atoms with van der Waals surface area (Å²) in [5.74, 6) is 0. The van der Waals surface area contributed by atoms with Gasteiger partial charge < -0.3 is 0 Å². The zero-order chi connectivity index (χ0) is 11.8. The highest BCUT2D eigenvalue weighted by Crippen LogP contribution is 2.28. The Hall–Kier alpha value is -0.850. The normalized spacial score (nSPS) is 11.6. The van der Waals surface area contributed by atoms with Crippen molar-refractivity contribution < 1.29 is 8.42 Å². The van der Waals surface area contributed by atoms with Gasteiger partial charge in [0.15, 0.2) is 0 Å². The SMILES string of the molecule is O=S(=O)(Cl)c1cn[nH]c1-c1cccc(Br)c1. The number of aromatic nitrogens is 2. The van der Waals surface area contributed by atoms with Crippen LogP contribution < -0.4 is 0 Å². The molecule has 0 bridgehead atoms. The molecule has 4 nitrogen and oxygen atoms in total. The number of halogens is 2. The third-order valence-corrected chi connectivity index (χ3v) is 3.81. The molecule has 0 aliphatic heterocycles. The lowest BCUT2D eigenvalue weighted by atomic mass is 10.2. The summed E-state index contributed by atoms with van der Waals surface area (Å²) in [5, 5.41) is 6.31. The van der Waals surface area contributed by atoms with Gasteiger partial charge in [0.2, 0.25) is 0 Å². The lowest BCUT2D eigenvalue weighted by molar-refractivity contribution is 0.610. The van der Waals surface area contributed by atoms with Crippen LogP contribution in [0.1, 0.15) is 0 Å². The minimum atomic E-state index is -3.79. The van der Waals surface area contributed by atoms with Crippen LogP contribution in [-0.2, 0) is 9.05 Å². The molecule has 0 amide bonds. The molecule has 2 rings (SSSR count). The van der Waals surface area contributed by atoms with E-state index >= 15 is 0 Å². The van der Waals surface area contributed by atoms with Crippen LogP contribution >= 0.6 is 26.6 Å². The summed E-state index contributed by atoms with van der Waals surface area (Å²) < 4.78 is 23.4. The van der Waals surface area contributed by atoms with Gasteiger partial charge in [0.1, 0.15) is 4.90 Å². The van der Waals surface area contributed by atoms with E-state index in [1.165, 1.54) is 6.20 Å². The summed E-state index contributed by atoms with van der Waals surface area (Å²) in [6, 6.07) is 7.18. The van der Waals surface area contributed by atoms with Crippen LogP contribution in [0.5, 0.6) is 0 Å². The van der Waals surface area contributed by atoms with Crippen LogP contribution in [0.15, 0.2) is 39.8 Å². The summed E-state index contributed by atoms with van der Waals surface area (Å²) in [5.41, 5.74) is 1.09. The Bertz CT molecular complexity index is 624. The molecule has 0 atom stereocenters. The molecule has 0 unspecified atom stereocenters. The molecule has 0 spiro atoms. The van der Waals surface area contributed by atoms with Crippen molar-refractivity contribution in [2.75, 3.05) is 0 Å². The van der Waals surface area contributed by atoms with E-state index in [0.717, 1.165) is 4.47 Å². The van der Waals surface area contributed by atoms with Crippen molar-refractivity contribution in [3.8, 4) is 11.3 Å². The number of benzene rings is 1. The van der Waals surface area contributed by atoms with Crippen LogP contribution in [0.25, 0.3) is 11.3 Å². The molecule has 0 radical (unpaired) electrons. The van der Waals surface area contributed by atoms with Crippen molar-refractivity contribution in [1.82, 2.24) is 10.2 Å². The standard InChI is InChI=1S/C9H6BrClN2O2S/c10-7-3-1-2-6(4-7)9-8(5-12-13-9)16(11,14)15/h1-5H,(H,12,13). The second kappa shape index (κ2) is 4.20. The van der Waals surface area contributed by atoms with E-state index in [0.29, 0.717) is 11.3 Å². The molecule has 0 saturated heterocycles. The zero-order valence-electron chi connectivity index (χ0n) is 7.81. The molecule has 84 valence electrons.